The summed E-state index contributed by atoms with van der Waals surface area (Å²) in [5, 5.41) is 0. The molecule has 1 saturated heterocycles. The maximum absolute atomic E-state index is 11.9. The van der Waals surface area contributed by atoms with E-state index in [4.69, 9.17) is 0 Å². The van der Waals surface area contributed by atoms with E-state index in [1.165, 1.54) is 5.56 Å². The zero-order valence-electron chi connectivity index (χ0n) is 9.30. The van der Waals surface area contributed by atoms with Gasteiger partial charge in [-0.3, -0.25) is 4.79 Å². The van der Waals surface area contributed by atoms with Gasteiger partial charge in [0, 0.05) is 13.0 Å². The van der Waals surface area contributed by atoms with E-state index < -0.39 is 0 Å². The molecule has 86 valence electrons. The third-order valence-electron chi connectivity index (χ3n) is 3.08. The van der Waals surface area contributed by atoms with E-state index >= 15 is 0 Å². The maximum atomic E-state index is 11.9. The third kappa shape index (κ3) is 2.40. The molecule has 1 aromatic rings. The smallest absolute Gasteiger partial charge is 0.223 e. The zero-order chi connectivity index (χ0) is 11.4. The molecule has 2 rings (SSSR count). The number of likely N-dealkylation sites (tertiary alicyclic amines) is 1. The van der Waals surface area contributed by atoms with Crippen LogP contribution in [-0.2, 0) is 4.79 Å². The van der Waals surface area contributed by atoms with E-state index in [1.54, 1.807) is 0 Å². The maximum Gasteiger partial charge on any atom is 0.223 e. The van der Waals surface area contributed by atoms with Crippen molar-refractivity contribution in [1.29, 1.82) is 0 Å². The van der Waals surface area contributed by atoms with E-state index in [2.05, 4.69) is 24.8 Å². The molecule has 0 aliphatic carbocycles. The van der Waals surface area contributed by atoms with Crippen LogP contribution in [0.1, 0.15) is 30.9 Å². The minimum Gasteiger partial charge on any atom is -0.336 e. The molecule has 1 amide bonds. The van der Waals surface area contributed by atoms with Gasteiger partial charge in [-0.25, -0.2) is 0 Å². The number of rotatable bonds is 3. The average molecular weight is 235 g/mol. The topological polar surface area (TPSA) is 20.3 Å². The molecule has 1 fully saturated rings. The number of thiol groups is 1. The fourth-order valence-electron chi connectivity index (χ4n) is 2.33. The Hall–Kier alpha value is -0.960. The van der Waals surface area contributed by atoms with Gasteiger partial charge < -0.3 is 4.90 Å². The normalized spacial score (nSPS) is 20.1. The van der Waals surface area contributed by atoms with Crippen molar-refractivity contribution < 1.29 is 4.79 Å². The summed E-state index contributed by atoms with van der Waals surface area (Å²) in [4.78, 5) is 13.9. The SMILES string of the molecule is O=C(CCS)N1CCC[C@@H]1c1ccccc1. The van der Waals surface area contributed by atoms with Crippen LogP contribution < -0.4 is 0 Å². The van der Waals surface area contributed by atoms with Crippen LogP contribution >= 0.6 is 12.6 Å². The molecule has 16 heavy (non-hydrogen) atoms. The lowest BCUT2D eigenvalue weighted by Gasteiger charge is -2.25. The number of hydrogen-bond donors (Lipinski definition) is 1. The Morgan fingerprint density at radius 1 is 1.38 bits per heavy atom. The number of benzene rings is 1. The van der Waals surface area contributed by atoms with Gasteiger partial charge in [-0.2, -0.15) is 12.6 Å². The number of amides is 1. The highest BCUT2D eigenvalue weighted by atomic mass is 32.1. The second-order valence-electron chi connectivity index (χ2n) is 4.13. The number of carbonyl (C=O) groups is 1. The van der Waals surface area contributed by atoms with Crippen LogP contribution in [-0.4, -0.2) is 23.1 Å². The Morgan fingerprint density at radius 2 is 2.12 bits per heavy atom. The van der Waals surface area contributed by atoms with Crippen LogP contribution in [0.5, 0.6) is 0 Å². The summed E-state index contributed by atoms with van der Waals surface area (Å²) >= 11 is 4.12. The molecule has 1 aliphatic heterocycles. The highest BCUT2D eigenvalue weighted by Gasteiger charge is 2.28. The number of carbonyl (C=O) groups excluding carboxylic acids is 1. The van der Waals surface area contributed by atoms with Gasteiger partial charge in [-0.05, 0) is 24.2 Å². The van der Waals surface area contributed by atoms with Crippen LogP contribution in [0, 0.1) is 0 Å². The molecule has 1 aliphatic rings. The minimum atomic E-state index is 0.237. The first-order valence-electron chi connectivity index (χ1n) is 5.78. The first-order valence-corrected chi connectivity index (χ1v) is 6.41. The summed E-state index contributed by atoms with van der Waals surface area (Å²) in [5.41, 5.74) is 1.26. The van der Waals surface area contributed by atoms with Gasteiger partial charge in [0.05, 0.1) is 6.04 Å². The molecule has 0 N–H and O–H groups in total. The summed E-state index contributed by atoms with van der Waals surface area (Å²) < 4.78 is 0. The second-order valence-corrected chi connectivity index (χ2v) is 4.58. The van der Waals surface area contributed by atoms with Crippen molar-refractivity contribution in [2.45, 2.75) is 25.3 Å². The van der Waals surface area contributed by atoms with E-state index in [1.807, 2.05) is 23.1 Å². The molecule has 0 unspecified atom stereocenters. The van der Waals surface area contributed by atoms with Gasteiger partial charge >= 0.3 is 0 Å². The predicted molar refractivity (Wildman–Crippen MR) is 68.6 cm³/mol. The fraction of sp³-hybridized carbons (Fsp3) is 0.462. The largest absolute Gasteiger partial charge is 0.336 e. The van der Waals surface area contributed by atoms with Gasteiger partial charge in [-0.1, -0.05) is 30.3 Å². The molecule has 0 bridgehead atoms. The zero-order valence-corrected chi connectivity index (χ0v) is 10.2. The van der Waals surface area contributed by atoms with Gasteiger partial charge in [0.15, 0.2) is 0 Å². The van der Waals surface area contributed by atoms with Crippen molar-refractivity contribution >= 4 is 18.5 Å². The second kappa shape index (κ2) is 5.39. The molecule has 2 nitrogen and oxygen atoms in total. The Bertz CT molecular complexity index is 352. The lowest BCUT2D eigenvalue weighted by molar-refractivity contribution is -0.131. The van der Waals surface area contributed by atoms with Crippen molar-refractivity contribution in [3.8, 4) is 0 Å². The van der Waals surface area contributed by atoms with Crippen LogP contribution in [0.2, 0.25) is 0 Å². The molecule has 1 heterocycles. The fourth-order valence-corrected chi connectivity index (χ4v) is 2.52. The van der Waals surface area contributed by atoms with Crippen molar-refractivity contribution in [2.24, 2.45) is 0 Å². The molecule has 3 heteroatoms. The lowest BCUT2D eigenvalue weighted by Crippen LogP contribution is -2.30. The molecule has 0 saturated carbocycles. The van der Waals surface area contributed by atoms with E-state index in [0.717, 1.165) is 19.4 Å². The van der Waals surface area contributed by atoms with Gasteiger partial charge in [-0.15, -0.1) is 0 Å². The highest BCUT2D eigenvalue weighted by Crippen LogP contribution is 2.32. The Morgan fingerprint density at radius 3 is 2.81 bits per heavy atom. The molecule has 0 aromatic heterocycles. The molecular weight excluding hydrogens is 218 g/mol. The van der Waals surface area contributed by atoms with E-state index in [0.29, 0.717) is 12.2 Å². The van der Waals surface area contributed by atoms with Crippen molar-refractivity contribution in [1.82, 2.24) is 4.90 Å². The quantitative estimate of drug-likeness (QED) is 0.799. The molecule has 0 radical (unpaired) electrons. The average Bonchev–Trinajstić information content (AvgIpc) is 2.79. The first-order chi connectivity index (χ1) is 7.83. The third-order valence-corrected chi connectivity index (χ3v) is 3.31. The van der Waals surface area contributed by atoms with E-state index in [-0.39, 0.29) is 11.9 Å². The van der Waals surface area contributed by atoms with E-state index in [9.17, 15) is 4.79 Å². The first kappa shape index (κ1) is 11.5. The summed E-state index contributed by atoms with van der Waals surface area (Å²) in [7, 11) is 0. The monoisotopic (exact) mass is 235 g/mol. The molecule has 0 spiro atoms. The Kier molecular flexibility index (Phi) is 3.88. The Labute approximate surface area is 102 Å². The summed E-state index contributed by atoms with van der Waals surface area (Å²) in [6.07, 6.45) is 2.74. The summed E-state index contributed by atoms with van der Waals surface area (Å²) in [6, 6.07) is 10.6. The molecule has 1 atom stereocenters. The van der Waals surface area contributed by atoms with Gasteiger partial charge in [0.25, 0.3) is 0 Å². The summed E-state index contributed by atoms with van der Waals surface area (Å²) in [6.45, 7) is 0.895. The molecular formula is C13H17NOS. The minimum absolute atomic E-state index is 0.237. The van der Waals surface area contributed by atoms with Gasteiger partial charge in [0.2, 0.25) is 5.91 Å². The number of hydrogen-bond acceptors (Lipinski definition) is 2. The van der Waals surface area contributed by atoms with Crippen LogP contribution in [0.3, 0.4) is 0 Å². The predicted octanol–water partition coefficient (Wildman–Crippen LogP) is 2.67. The van der Waals surface area contributed by atoms with Crippen molar-refractivity contribution in [2.75, 3.05) is 12.3 Å². The number of nitrogens with zero attached hydrogens (tertiary/aromatic N) is 1. The summed E-state index contributed by atoms with van der Waals surface area (Å²) in [5.74, 6) is 0.873. The lowest BCUT2D eigenvalue weighted by atomic mass is 10.0. The van der Waals surface area contributed by atoms with Crippen molar-refractivity contribution in [3.63, 3.8) is 0 Å². The van der Waals surface area contributed by atoms with Crippen molar-refractivity contribution in [3.05, 3.63) is 35.9 Å². The van der Waals surface area contributed by atoms with Gasteiger partial charge in [0.1, 0.15) is 0 Å². The Balaban J connectivity index is 2.12. The standard InChI is InChI=1S/C13H17NOS/c15-13(8-10-16)14-9-4-7-12(14)11-5-2-1-3-6-11/h1-3,5-6,12,16H,4,7-10H2/t12-/m1/s1. The highest BCUT2D eigenvalue weighted by molar-refractivity contribution is 7.80. The van der Waals surface area contributed by atoms with Crippen LogP contribution in [0.15, 0.2) is 30.3 Å². The molecule has 1 aromatic carbocycles. The van der Waals surface area contributed by atoms with Crippen LogP contribution in [0.4, 0.5) is 0 Å². The van der Waals surface area contributed by atoms with Crippen LogP contribution in [0.25, 0.3) is 0 Å².